The van der Waals surface area contributed by atoms with Crippen LogP contribution in [0.25, 0.3) is 0 Å². The first-order chi connectivity index (χ1) is 9.81. The van der Waals surface area contributed by atoms with Gasteiger partial charge in [-0.1, -0.05) is 44.9 Å². The highest BCUT2D eigenvalue weighted by atomic mass is 16.1. The minimum atomic E-state index is 0.415. The molecule has 0 aromatic heterocycles. The summed E-state index contributed by atoms with van der Waals surface area (Å²) < 4.78 is 0. The average Bonchev–Trinajstić information content (AvgIpc) is 2.37. The van der Waals surface area contributed by atoms with Gasteiger partial charge >= 0.3 is 0 Å². The third-order valence-electron chi connectivity index (χ3n) is 6.50. The molecule has 2 rings (SSSR count). The van der Waals surface area contributed by atoms with Crippen LogP contribution in [0.5, 0.6) is 0 Å². The molecule has 0 spiro atoms. The zero-order chi connectivity index (χ0) is 15.7. The predicted octanol–water partition coefficient (Wildman–Crippen LogP) is 5.71. The molecule has 0 bridgehead atoms. The first-order valence-corrected chi connectivity index (χ1v) is 8.60. The van der Waals surface area contributed by atoms with Crippen LogP contribution in [0.4, 0.5) is 0 Å². The average molecular weight is 288 g/mol. The van der Waals surface area contributed by atoms with Crippen molar-refractivity contribution in [2.45, 2.75) is 72.6 Å². The van der Waals surface area contributed by atoms with Crippen LogP contribution < -0.4 is 0 Å². The maximum absolute atomic E-state index is 10.6. The number of aldehydes is 1. The second kappa shape index (κ2) is 6.10. The normalized spacial score (nSPS) is 36.2. The van der Waals surface area contributed by atoms with Crippen molar-refractivity contribution in [3.8, 4) is 0 Å². The maximum Gasteiger partial charge on any atom is 0.142 e. The Balaban J connectivity index is 2.19. The molecule has 0 aliphatic heterocycles. The standard InChI is InChI=1S/C20H32O/c1-15(11-14-21)7-9-17-16(2)8-10-18-19(3,4)12-6-13-20(17,18)5/h11,14,17-18H,2,6-10,12-13H2,1,3-5H3/b15-11+/t17-,18+,20-/m1/s1. The first kappa shape index (κ1) is 16.5. The van der Waals surface area contributed by atoms with Crippen molar-refractivity contribution in [1.29, 1.82) is 0 Å². The number of hydrogen-bond acceptors (Lipinski definition) is 1. The van der Waals surface area contributed by atoms with Gasteiger partial charge in [0, 0.05) is 0 Å². The summed E-state index contributed by atoms with van der Waals surface area (Å²) in [5.41, 5.74) is 3.56. The van der Waals surface area contributed by atoms with Crippen molar-refractivity contribution < 1.29 is 4.79 Å². The molecule has 118 valence electrons. The molecule has 2 fully saturated rings. The second-order valence-electron chi connectivity index (χ2n) is 8.34. The van der Waals surface area contributed by atoms with E-state index in [-0.39, 0.29) is 0 Å². The van der Waals surface area contributed by atoms with E-state index in [0.717, 1.165) is 25.0 Å². The molecule has 0 radical (unpaired) electrons. The molecular weight excluding hydrogens is 256 g/mol. The van der Waals surface area contributed by atoms with Crippen molar-refractivity contribution in [2.24, 2.45) is 22.7 Å². The Labute approximate surface area is 130 Å². The Hall–Kier alpha value is -0.850. The molecular formula is C20H32O. The summed E-state index contributed by atoms with van der Waals surface area (Å²) in [7, 11) is 0. The lowest BCUT2D eigenvalue weighted by Crippen LogP contribution is -2.49. The van der Waals surface area contributed by atoms with E-state index < -0.39 is 0 Å². The summed E-state index contributed by atoms with van der Waals surface area (Å²) in [5.74, 6) is 1.45. The van der Waals surface area contributed by atoms with Crippen molar-refractivity contribution in [3.05, 3.63) is 23.8 Å². The van der Waals surface area contributed by atoms with Crippen molar-refractivity contribution in [2.75, 3.05) is 0 Å². The number of rotatable bonds is 4. The van der Waals surface area contributed by atoms with Crippen LogP contribution in [0.1, 0.15) is 72.6 Å². The molecule has 0 N–H and O–H groups in total. The van der Waals surface area contributed by atoms with E-state index in [9.17, 15) is 4.79 Å². The fourth-order valence-electron chi connectivity index (χ4n) is 5.38. The molecule has 0 aromatic rings. The van der Waals surface area contributed by atoms with Gasteiger partial charge in [-0.3, -0.25) is 4.79 Å². The Morgan fingerprint density at radius 1 is 1.33 bits per heavy atom. The molecule has 2 aliphatic carbocycles. The molecule has 2 saturated carbocycles. The Morgan fingerprint density at radius 3 is 2.71 bits per heavy atom. The van der Waals surface area contributed by atoms with Crippen LogP contribution in [0.3, 0.4) is 0 Å². The van der Waals surface area contributed by atoms with E-state index in [1.807, 2.05) is 0 Å². The summed E-state index contributed by atoms with van der Waals surface area (Å²) in [5, 5.41) is 0. The molecule has 3 atom stereocenters. The zero-order valence-electron chi connectivity index (χ0n) is 14.4. The van der Waals surface area contributed by atoms with Gasteiger partial charge < -0.3 is 0 Å². The summed E-state index contributed by atoms with van der Waals surface area (Å²) in [6, 6.07) is 0. The summed E-state index contributed by atoms with van der Waals surface area (Å²) in [4.78, 5) is 10.6. The van der Waals surface area contributed by atoms with Crippen LogP contribution in [-0.2, 0) is 4.79 Å². The van der Waals surface area contributed by atoms with Crippen LogP contribution in [0, 0.1) is 22.7 Å². The van der Waals surface area contributed by atoms with E-state index in [4.69, 9.17) is 0 Å². The highest BCUT2D eigenvalue weighted by Crippen LogP contribution is 2.61. The maximum atomic E-state index is 10.6. The minimum Gasteiger partial charge on any atom is -0.299 e. The first-order valence-electron chi connectivity index (χ1n) is 8.60. The molecule has 2 aliphatic rings. The third-order valence-corrected chi connectivity index (χ3v) is 6.50. The van der Waals surface area contributed by atoms with Gasteiger partial charge in [0.2, 0.25) is 0 Å². The fraction of sp³-hybridized carbons (Fsp3) is 0.750. The van der Waals surface area contributed by atoms with Crippen LogP contribution in [0.2, 0.25) is 0 Å². The van der Waals surface area contributed by atoms with Crippen LogP contribution >= 0.6 is 0 Å². The molecule has 0 saturated heterocycles. The third kappa shape index (κ3) is 3.17. The number of hydrogen-bond donors (Lipinski definition) is 0. The lowest BCUT2D eigenvalue weighted by molar-refractivity contribution is -0.104. The number of allylic oxidation sites excluding steroid dienone is 3. The Kier molecular flexibility index (Phi) is 4.80. The molecule has 0 unspecified atom stereocenters. The van der Waals surface area contributed by atoms with Gasteiger partial charge in [-0.05, 0) is 74.2 Å². The van der Waals surface area contributed by atoms with Gasteiger partial charge in [0.15, 0.2) is 0 Å². The molecule has 0 amide bonds. The zero-order valence-corrected chi connectivity index (χ0v) is 14.4. The van der Waals surface area contributed by atoms with Gasteiger partial charge in [0.25, 0.3) is 0 Å². The molecule has 21 heavy (non-hydrogen) atoms. The second-order valence-corrected chi connectivity index (χ2v) is 8.34. The van der Waals surface area contributed by atoms with Crippen molar-refractivity contribution >= 4 is 6.29 Å². The molecule has 0 heterocycles. The molecule has 1 nitrogen and oxygen atoms in total. The molecule has 0 aromatic carbocycles. The number of carbonyl (C=O) groups is 1. The largest absolute Gasteiger partial charge is 0.299 e. The highest BCUT2D eigenvalue weighted by Gasteiger charge is 2.52. The van der Waals surface area contributed by atoms with Crippen LogP contribution in [-0.4, -0.2) is 6.29 Å². The van der Waals surface area contributed by atoms with Gasteiger partial charge in [-0.25, -0.2) is 0 Å². The monoisotopic (exact) mass is 288 g/mol. The lowest BCUT2D eigenvalue weighted by atomic mass is 9.47. The van der Waals surface area contributed by atoms with Gasteiger partial charge in [-0.2, -0.15) is 0 Å². The van der Waals surface area contributed by atoms with E-state index in [0.29, 0.717) is 16.7 Å². The Morgan fingerprint density at radius 2 is 2.05 bits per heavy atom. The van der Waals surface area contributed by atoms with Crippen molar-refractivity contribution in [1.82, 2.24) is 0 Å². The van der Waals surface area contributed by atoms with E-state index in [1.54, 1.807) is 6.08 Å². The summed E-state index contributed by atoms with van der Waals surface area (Å²) >= 11 is 0. The summed E-state index contributed by atoms with van der Waals surface area (Å²) in [6.07, 6.45) is 11.4. The van der Waals surface area contributed by atoms with E-state index >= 15 is 0 Å². The lowest BCUT2D eigenvalue weighted by Gasteiger charge is -2.58. The van der Waals surface area contributed by atoms with Crippen molar-refractivity contribution in [3.63, 3.8) is 0 Å². The van der Waals surface area contributed by atoms with Gasteiger partial charge in [-0.15, -0.1) is 0 Å². The highest BCUT2D eigenvalue weighted by molar-refractivity contribution is 5.65. The van der Waals surface area contributed by atoms with Crippen LogP contribution in [0.15, 0.2) is 23.8 Å². The predicted molar refractivity (Wildman–Crippen MR) is 90.1 cm³/mol. The quantitative estimate of drug-likeness (QED) is 0.368. The van der Waals surface area contributed by atoms with E-state index in [1.165, 1.54) is 43.3 Å². The SMILES string of the molecule is C=C1CC[C@H]2C(C)(C)CCC[C@]2(C)[C@@H]1CC/C(C)=C/C=O. The number of fused-ring (bicyclic) bond motifs is 1. The topological polar surface area (TPSA) is 17.1 Å². The number of carbonyl (C=O) groups excluding carboxylic acids is 1. The minimum absolute atomic E-state index is 0.415. The Bertz CT molecular complexity index is 443. The smallest absolute Gasteiger partial charge is 0.142 e. The summed E-state index contributed by atoms with van der Waals surface area (Å²) in [6.45, 7) is 13.9. The van der Waals surface area contributed by atoms with E-state index in [2.05, 4.69) is 34.3 Å². The van der Waals surface area contributed by atoms with Gasteiger partial charge in [0.05, 0.1) is 0 Å². The molecule has 1 heteroatoms. The fourth-order valence-corrected chi connectivity index (χ4v) is 5.38. The van der Waals surface area contributed by atoms with Gasteiger partial charge in [0.1, 0.15) is 6.29 Å².